The molecule has 1 aromatic carbocycles. The number of aryl methyl sites for hydroxylation is 1. The first-order valence-electron chi connectivity index (χ1n) is 9.48. The standard InChI is InChI=1S/C21H28N2O2/c1-13(2)15-9-10-22(12-15)18-8-7-17-19(21(18)25-4)23(16-5-6-16)11-14(3)20(17)24/h7-8,11,13,15-16H,5-6,9-10,12H2,1-4H3. The van der Waals surface area contributed by atoms with Gasteiger partial charge in [0.05, 0.1) is 18.3 Å². The molecule has 1 aromatic heterocycles. The maximum atomic E-state index is 12.7. The molecule has 1 unspecified atom stereocenters. The molecule has 4 rings (SSSR count). The molecule has 4 heteroatoms. The molecule has 134 valence electrons. The number of anilines is 1. The van der Waals surface area contributed by atoms with Crippen molar-refractivity contribution in [1.29, 1.82) is 0 Å². The average molecular weight is 340 g/mol. The van der Waals surface area contributed by atoms with Gasteiger partial charge < -0.3 is 14.2 Å². The molecule has 1 aliphatic heterocycles. The van der Waals surface area contributed by atoms with Gasteiger partial charge in [0.25, 0.3) is 0 Å². The van der Waals surface area contributed by atoms with E-state index in [2.05, 4.69) is 29.4 Å². The summed E-state index contributed by atoms with van der Waals surface area (Å²) in [6.07, 6.45) is 5.62. The third kappa shape index (κ3) is 2.72. The van der Waals surface area contributed by atoms with E-state index in [0.29, 0.717) is 12.0 Å². The van der Waals surface area contributed by atoms with Crippen molar-refractivity contribution < 1.29 is 4.74 Å². The van der Waals surface area contributed by atoms with Gasteiger partial charge in [-0.15, -0.1) is 0 Å². The fourth-order valence-corrected chi connectivity index (χ4v) is 4.19. The van der Waals surface area contributed by atoms with Gasteiger partial charge in [-0.3, -0.25) is 4.79 Å². The van der Waals surface area contributed by atoms with Crippen molar-refractivity contribution in [2.75, 3.05) is 25.1 Å². The van der Waals surface area contributed by atoms with Gasteiger partial charge in [-0.05, 0) is 50.2 Å². The van der Waals surface area contributed by atoms with Gasteiger partial charge in [0, 0.05) is 36.3 Å². The van der Waals surface area contributed by atoms with Crippen LogP contribution in [0.4, 0.5) is 5.69 Å². The lowest BCUT2D eigenvalue weighted by Crippen LogP contribution is -2.22. The van der Waals surface area contributed by atoms with Crippen molar-refractivity contribution in [2.24, 2.45) is 11.8 Å². The number of hydrogen-bond acceptors (Lipinski definition) is 3. The molecule has 0 radical (unpaired) electrons. The molecule has 0 N–H and O–H groups in total. The van der Waals surface area contributed by atoms with Crippen LogP contribution in [0.25, 0.3) is 10.9 Å². The van der Waals surface area contributed by atoms with E-state index in [4.69, 9.17) is 4.74 Å². The normalized spacial score (nSPS) is 20.7. The Morgan fingerprint density at radius 1 is 1.20 bits per heavy atom. The molecule has 2 aromatic rings. The summed E-state index contributed by atoms with van der Waals surface area (Å²) in [5.74, 6) is 2.29. The zero-order valence-electron chi connectivity index (χ0n) is 15.7. The zero-order chi connectivity index (χ0) is 17.7. The van der Waals surface area contributed by atoms with Crippen LogP contribution in [0.3, 0.4) is 0 Å². The number of ether oxygens (including phenoxy) is 1. The van der Waals surface area contributed by atoms with E-state index in [1.807, 2.05) is 19.2 Å². The summed E-state index contributed by atoms with van der Waals surface area (Å²) in [6.45, 7) is 8.65. The Morgan fingerprint density at radius 3 is 2.56 bits per heavy atom. The molecule has 2 fully saturated rings. The summed E-state index contributed by atoms with van der Waals surface area (Å²) >= 11 is 0. The quantitative estimate of drug-likeness (QED) is 0.839. The number of fused-ring (bicyclic) bond motifs is 1. The minimum absolute atomic E-state index is 0.123. The molecule has 0 bridgehead atoms. The molecule has 2 aliphatic rings. The summed E-state index contributed by atoms with van der Waals surface area (Å²) in [5, 5.41) is 0.784. The highest BCUT2D eigenvalue weighted by Gasteiger charge is 2.30. The Hall–Kier alpha value is -1.97. The van der Waals surface area contributed by atoms with Gasteiger partial charge in [-0.2, -0.15) is 0 Å². The second kappa shape index (κ2) is 6.08. The summed E-state index contributed by atoms with van der Waals surface area (Å²) in [6, 6.07) is 4.60. The fourth-order valence-electron chi connectivity index (χ4n) is 4.19. The van der Waals surface area contributed by atoms with Crippen LogP contribution in [-0.4, -0.2) is 24.8 Å². The van der Waals surface area contributed by atoms with E-state index >= 15 is 0 Å². The molecule has 1 atom stereocenters. The predicted octanol–water partition coefficient (Wildman–Crippen LogP) is 4.14. The first-order chi connectivity index (χ1) is 12.0. The average Bonchev–Trinajstić information content (AvgIpc) is 3.32. The second-order valence-corrected chi connectivity index (χ2v) is 8.03. The second-order valence-electron chi connectivity index (χ2n) is 8.03. The lowest BCUT2D eigenvalue weighted by Gasteiger charge is -2.24. The van der Waals surface area contributed by atoms with E-state index in [1.54, 1.807) is 7.11 Å². The Morgan fingerprint density at radius 2 is 1.96 bits per heavy atom. The van der Waals surface area contributed by atoms with Crippen LogP contribution in [0.1, 0.15) is 44.7 Å². The molecule has 4 nitrogen and oxygen atoms in total. The Kier molecular flexibility index (Phi) is 4.01. The molecule has 1 saturated heterocycles. The molecule has 0 spiro atoms. The largest absolute Gasteiger partial charge is 0.492 e. The van der Waals surface area contributed by atoms with E-state index < -0.39 is 0 Å². The summed E-state index contributed by atoms with van der Waals surface area (Å²) in [4.78, 5) is 15.1. The number of rotatable bonds is 4. The molecule has 0 amide bonds. The molecular weight excluding hydrogens is 312 g/mol. The van der Waals surface area contributed by atoms with E-state index in [1.165, 1.54) is 19.3 Å². The fraction of sp³-hybridized carbons (Fsp3) is 0.571. The topological polar surface area (TPSA) is 34.5 Å². The van der Waals surface area contributed by atoms with Crippen LogP contribution in [-0.2, 0) is 0 Å². The van der Waals surface area contributed by atoms with Crippen LogP contribution in [0.2, 0.25) is 0 Å². The van der Waals surface area contributed by atoms with E-state index in [0.717, 1.165) is 46.9 Å². The molecular formula is C21H28N2O2. The minimum Gasteiger partial charge on any atom is -0.492 e. The highest BCUT2D eigenvalue weighted by Crippen LogP contribution is 2.43. The highest BCUT2D eigenvalue weighted by atomic mass is 16.5. The van der Waals surface area contributed by atoms with Gasteiger partial charge in [-0.1, -0.05) is 13.8 Å². The van der Waals surface area contributed by atoms with Gasteiger partial charge >= 0.3 is 0 Å². The Labute approximate surface area is 149 Å². The number of aromatic nitrogens is 1. The highest BCUT2D eigenvalue weighted by molar-refractivity contribution is 5.91. The first-order valence-corrected chi connectivity index (χ1v) is 9.48. The summed E-state index contributed by atoms with van der Waals surface area (Å²) in [5.41, 5.74) is 3.05. The summed E-state index contributed by atoms with van der Waals surface area (Å²) in [7, 11) is 1.73. The molecule has 25 heavy (non-hydrogen) atoms. The van der Waals surface area contributed by atoms with Crippen molar-refractivity contribution in [1.82, 2.24) is 4.57 Å². The number of hydrogen-bond donors (Lipinski definition) is 0. The Balaban J connectivity index is 1.88. The monoisotopic (exact) mass is 340 g/mol. The number of methoxy groups -OCH3 is 1. The summed E-state index contributed by atoms with van der Waals surface area (Å²) < 4.78 is 8.16. The molecule has 2 heterocycles. The van der Waals surface area contributed by atoms with Crippen molar-refractivity contribution in [3.63, 3.8) is 0 Å². The van der Waals surface area contributed by atoms with Crippen LogP contribution in [0, 0.1) is 18.8 Å². The van der Waals surface area contributed by atoms with Gasteiger partial charge in [-0.25, -0.2) is 0 Å². The SMILES string of the molecule is COc1c(N2CCC(C(C)C)C2)ccc2c(=O)c(C)cn(C3CC3)c12. The lowest BCUT2D eigenvalue weighted by atomic mass is 9.95. The molecule has 1 saturated carbocycles. The third-order valence-electron chi connectivity index (χ3n) is 5.96. The zero-order valence-corrected chi connectivity index (χ0v) is 15.7. The van der Waals surface area contributed by atoms with Crippen molar-refractivity contribution in [3.8, 4) is 5.75 Å². The lowest BCUT2D eigenvalue weighted by molar-refractivity contribution is 0.413. The first kappa shape index (κ1) is 16.5. The maximum Gasteiger partial charge on any atom is 0.192 e. The van der Waals surface area contributed by atoms with Crippen molar-refractivity contribution >= 4 is 16.6 Å². The van der Waals surface area contributed by atoms with Crippen LogP contribution < -0.4 is 15.1 Å². The third-order valence-corrected chi connectivity index (χ3v) is 5.96. The van der Waals surface area contributed by atoms with Crippen LogP contribution >= 0.6 is 0 Å². The van der Waals surface area contributed by atoms with E-state index in [-0.39, 0.29) is 5.43 Å². The smallest absolute Gasteiger partial charge is 0.192 e. The number of benzene rings is 1. The van der Waals surface area contributed by atoms with Crippen molar-refractivity contribution in [3.05, 3.63) is 34.1 Å². The molecule has 1 aliphatic carbocycles. The van der Waals surface area contributed by atoms with Crippen LogP contribution in [0.5, 0.6) is 5.75 Å². The minimum atomic E-state index is 0.123. The van der Waals surface area contributed by atoms with Gasteiger partial charge in [0.2, 0.25) is 0 Å². The number of pyridine rings is 1. The van der Waals surface area contributed by atoms with Gasteiger partial charge in [0.15, 0.2) is 11.2 Å². The Bertz CT molecular complexity index is 864. The number of nitrogens with zero attached hydrogens (tertiary/aromatic N) is 2. The van der Waals surface area contributed by atoms with Gasteiger partial charge in [0.1, 0.15) is 0 Å². The predicted molar refractivity (Wildman–Crippen MR) is 103 cm³/mol. The van der Waals surface area contributed by atoms with Crippen molar-refractivity contribution in [2.45, 2.75) is 46.1 Å². The maximum absolute atomic E-state index is 12.7. The van der Waals surface area contributed by atoms with E-state index in [9.17, 15) is 4.79 Å². The van der Waals surface area contributed by atoms with Crippen LogP contribution in [0.15, 0.2) is 23.1 Å².